The van der Waals surface area contributed by atoms with Crippen molar-refractivity contribution in [2.24, 2.45) is 52.3 Å². The molecule has 4 aliphatic carbocycles. The highest BCUT2D eigenvalue weighted by atomic mass is 16.3. The van der Waals surface area contributed by atoms with Crippen LogP contribution in [0.4, 0.5) is 4.79 Å². The second-order valence-electron chi connectivity index (χ2n) is 14.5. The van der Waals surface area contributed by atoms with E-state index in [4.69, 9.17) is 0 Å². The van der Waals surface area contributed by atoms with E-state index in [2.05, 4.69) is 38.3 Å². The van der Waals surface area contributed by atoms with E-state index < -0.39 is 0 Å². The number of fused-ring (bicyclic) bond motifs is 5. The summed E-state index contributed by atoms with van der Waals surface area (Å²) in [7, 11) is 0. The van der Waals surface area contributed by atoms with Crippen molar-refractivity contribution in [1.82, 2.24) is 10.6 Å². The van der Waals surface area contributed by atoms with Crippen LogP contribution in [0.1, 0.15) is 106 Å². The lowest BCUT2D eigenvalue weighted by atomic mass is 9.41. The molecule has 5 heteroatoms. The number of hydrogen-bond acceptors (Lipinski definition) is 3. The number of nitrogens with one attached hydrogen (secondary N) is 2. The van der Waals surface area contributed by atoms with Gasteiger partial charge < -0.3 is 20.8 Å². The number of hydrogen-bond donors (Lipinski definition) is 4. The van der Waals surface area contributed by atoms with Gasteiger partial charge in [0.1, 0.15) is 0 Å². The molecule has 0 aromatic rings. The Morgan fingerprint density at radius 1 is 1.00 bits per heavy atom. The Balaban J connectivity index is 1.46. The van der Waals surface area contributed by atoms with Crippen LogP contribution in [0.15, 0.2) is 0 Å². The molecule has 5 nitrogen and oxygen atoms in total. The third kappa shape index (κ3) is 4.90. The van der Waals surface area contributed by atoms with Gasteiger partial charge in [0, 0.05) is 12.1 Å². The number of urea groups is 1. The molecule has 0 heterocycles. The Morgan fingerprint density at radius 2 is 1.66 bits per heavy atom. The molecular weight excluding hydrogens is 436 g/mol. The van der Waals surface area contributed by atoms with Crippen molar-refractivity contribution in [2.75, 3.05) is 6.54 Å². The van der Waals surface area contributed by atoms with E-state index >= 15 is 0 Å². The minimum atomic E-state index is -0.227. The second kappa shape index (κ2) is 9.82. The van der Waals surface area contributed by atoms with Crippen LogP contribution in [0.3, 0.4) is 0 Å². The fourth-order valence-corrected chi connectivity index (χ4v) is 9.93. The smallest absolute Gasteiger partial charge is 0.315 e. The Kier molecular flexibility index (Phi) is 7.64. The first-order valence-electron chi connectivity index (χ1n) is 14.7. The third-order valence-corrected chi connectivity index (χ3v) is 11.5. The lowest BCUT2D eigenvalue weighted by Crippen LogP contribution is -2.62. The van der Waals surface area contributed by atoms with Crippen molar-refractivity contribution in [3.63, 3.8) is 0 Å². The molecule has 0 aliphatic heterocycles. The molecule has 0 saturated heterocycles. The molecule has 4 aliphatic rings. The summed E-state index contributed by atoms with van der Waals surface area (Å²) >= 11 is 0. The van der Waals surface area contributed by atoms with Crippen molar-refractivity contribution in [2.45, 2.75) is 124 Å². The third-order valence-electron chi connectivity index (χ3n) is 11.5. The highest BCUT2D eigenvalue weighted by Gasteiger charge is 2.64. The highest BCUT2D eigenvalue weighted by molar-refractivity contribution is 5.74. The van der Waals surface area contributed by atoms with Crippen molar-refractivity contribution in [1.29, 1.82) is 0 Å². The minimum Gasteiger partial charge on any atom is -0.393 e. The zero-order chi connectivity index (χ0) is 25.8. The zero-order valence-electron chi connectivity index (χ0n) is 23.6. The molecule has 0 radical (unpaired) electrons. The maximum Gasteiger partial charge on any atom is 0.315 e. The van der Waals surface area contributed by atoms with Crippen molar-refractivity contribution in [3.8, 4) is 0 Å². The molecule has 0 unspecified atom stereocenters. The molecule has 4 saturated carbocycles. The van der Waals surface area contributed by atoms with Gasteiger partial charge in [-0.05, 0) is 124 Å². The number of amides is 2. The Hall–Kier alpha value is -0.810. The average Bonchev–Trinajstić information content (AvgIpc) is 3.11. The van der Waals surface area contributed by atoms with E-state index in [1.807, 2.05) is 20.8 Å². The van der Waals surface area contributed by atoms with Gasteiger partial charge in [-0.3, -0.25) is 0 Å². The van der Waals surface area contributed by atoms with Crippen molar-refractivity contribution in [3.05, 3.63) is 0 Å². The molecule has 4 fully saturated rings. The number of carbonyl (C=O) groups is 1. The average molecular weight is 491 g/mol. The van der Waals surface area contributed by atoms with Crippen LogP contribution in [0.5, 0.6) is 0 Å². The Labute approximate surface area is 214 Å². The highest BCUT2D eigenvalue weighted by Crippen LogP contribution is 2.69. The topological polar surface area (TPSA) is 81.6 Å². The monoisotopic (exact) mass is 490 g/mol. The van der Waals surface area contributed by atoms with Crippen molar-refractivity contribution < 1.29 is 15.0 Å². The standard InChI is InChI=1S/C30H54N2O3/c1-8-20-24-17-19(33)11-14-30(24,7)23-12-15-29(6)21(9-10-22(29)25(23)26(20)34)18(2)13-16-31-27(35)32-28(3,4)5/h18-26,33-34H,8-17H2,1-7H3,(H2,31,32,35)/t18-,19-,20-,21-,22+,23+,24+,25+,26-,29-,30-/m1/s1. The van der Waals surface area contributed by atoms with E-state index in [0.717, 1.165) is 38.6 Å². The Morgan fingerprint density at radius 3 is 2.31 bits per heavy atom. The van der Waals surface area contributed by atoms with Crippen LogP contribution >= 0.6 is 0 Å². The van der Waals surface area contributed by atoms with Gasteiger partial charge in [0.05, 0.1) is 12.2 Å². The van der Waals surface area contributed by atoms with E-state index in [-0.39, 0.29) is 34.6 Å². The molecule has 0 aromatic heterocycles. The molecule has 4 N–H and O–H groups in total. The summed E-state index contributed by atoms with van der Waals surface area (Å²) in [5, 5.41) is 28.4. The molecule has 2 amide bonds. The van der Waals surface area contributed by atoms with Gasteiger partial charge >= 0.3 is 6.03 Å². The predicted molar refractivity (Wildman–Crippen MR) is 142 cm³/mol. The molecular formula is C30H54N2O3. The quantitative estimate of drug-likeness (QED) is 0.397. The second-order valence-corrected chi connectivity index (χ2v) is 14.5. The molecule has 0 aromatic carbocycles. The molecule has 11 atom stereocenters. The lowest BCUT2D eigenvalue weighted by molar-refractivity contribution is -0.203. The summed E-state index contributed by atoms with van der Waals surface area (Å²) in [4.78, 5) is 12.2. The van der Waals surface area contributed by atoms with Crippen LogP contribution in [0.2, 0.25) is 0 Å². The summed E-state index contributed by atoms with van der Waals surface area (Å²) in [6.07, 6.45) is 9.53. The lowest BCUT2D eigenvalue weighted by Gasteiger charge is -2.64. The number of rotatable bonds is 5. The van der Waals surface area contributed by atoms with Crippen LogP contribution < -0.4 is 10.6 Å². The summed E-state index contributed by atoms with van der Waals surface area (Å²) in [6, 6.07) is -0.0722. The summed E-state index contributed by atoms with van der Waals surface area (Å²) < 4.78 is 0. The summed E-state index contributed by atoms with van der Waals surface area (Å²) in [5.41, 5.74) is 0.327. The van der Waals surface area contributed by atoms with E-state index in [9.17, 15) is 15.0 Å². The molecule has 35 heavy (non-hydrogen) atoms. The van der Waals surface area contributed by atoms with Gasteiger partial charge in [-0.25, -0.2) is 4.79 Å². The first kappa shape index (κ1) is 27.2. The SMILES string of the molecule is CC[C@H]1[C@@H](O)[C@@H]2[C@H](CC[C@]3(C)[C@@H]([C@H](C)CCNC(=O)NC(C)(C)C)CC[C@@H]23)[C@@]2(C)CC[C@@H](O)C[C@@H]12. The molecule has 0 spiro atoms. The number of aliphatic hydroxyl groups excluding tert-OH is 2. The molecule has 0 bridgehead atoms. The molecule has 202 valence electrons. The van der Waals surface area contributed by atoms with Crippen LogP contribution in [0.25, 0.3) is 0 Å². The summed E-state index contributed by atoms with van der Waals surface area (Å²) in [5.74, 6) is 3.59. The largest absolute Gasteiger partial charge is 0.393 e. The van der Waals surface area contributed by atoms with Crippen LogP contribution in [0, 0.1) is 52.3 Å². The van der Waals surface area contributed by atoms with Gasteiger partial charge in [-0.2, -0.15) is 0 Å². The number of carbonyl (C=O) groups excluding carboxylic acids is 1. The maximum atomic E-state index is 12.2. The number of aliphatic hydroxyl groups is 2. The normalized spacial score (nSPS) is 46.2. The predicted octanol–water partition coefficient (Wildman–Crippen LogP) is 5.74. The minimum absolute atomic E-state index is 0.0722. The van der Waals surface area contributed by atoms with Crippen molar-refractivity contribution >= 4 is 6.03 Å². The van der Waals surface area contributed by atoms with Crippen LogP contribution in [-0.4, -0.2) is 40.5 Å². The fourth-order valence-electron chi connectivity index (χ4n) is 9.93. The first-order chi connectivity index (χ1) is 16.3. The zero-order valence-corrected chi connectivity index (χ0v) is 23.6. The van der Waals surface area contributed by atoms with E-state index in [1.165, 1.54) is 25.7 Å². The Bertz CT molecular complexity index is 765. The maximum absolute atomic E-state index is 12.2. The van der Waals surface area contributed by atoms with Gasteiger partial charge in [-0.1, -0.05) is 34.1 Å². The van der Waals surface area contributed by atoms with E-state index in [1.54, 1.807) is 0 Å². The van der Waals surface area contributed by atoms with Crippen LogP contribution in [-0.2, 0) is 0 Å². The van der Waals surface area contributed by atoms with E-state index in [0.29, 0.717) is 41.4 Å². The van der Waals surface area contributed by atoms with Gasteiger partial charge in [0.2, 0.25) is 0 Å². The van der Waals surface area contributed by atoms with Gasteiger partial charge in [0.25, 0.3) is 0 Å². The van der Waals surface area contributed by atoms with Gasteiger partial charge in [-0.15, -0.1) is 0 Å². The summed E-state index contributed by atoms with van der Waals surface area (Å²) in [6.45, 7) is 16.4. The fraction of sp³-hybridized carbons (Fsp3) is 0.967. The van der Waals surface area contributed by atoms with Gasteiger partial charge in [0.15, 0.2) is 0 Å². The first-order valence-corrected chi connectivity index (χ1v) is 14.7. The molecule has 4 rings (SSSR count).